The second kappa shape index (κ2) is 7.62. The molecule has 132 valence electrons. The van der Waals surface area contributed by atoms with Crippen molar-refractivity contribution in [3.05, 3.63) is 59.7 Å². The van der Waals surface area contributed by atoms with E-state index < -0.39 is 5.41 Å². The van der Waals surface area contributed by atoms with E-state index in [0.29, 0.717) is 6.54 Å². The van der Waals surface area contributed by atoms with Gasteiger partial charge in [-0.1, -0.05) is 48.2 Å². The van der Waals surface area contributed by atoms with Crippen LogP contribution in [0.4, 0.5) is 0 Å². The quantitative estimate of drug-likeness (QED) is 0.799. The van der Waals surface area contributed by atoms with Gasteiger partial charge >= 0.3 is 0 Å². The van der Waals surface area contributed by atoms with Crippen molar-refractivity contribution < 1.29 is 9.90 Å². The molecule has 0 aliphatic carbocycles. The van der Waals surface area contributed by atoms with Gasteiger partial charge in [-0.05, 0) is 43.6 Å². The van der Waals surface area contributed by atoms with E-state index in [2.05, 4.69) is 29.2 Å². The topological polar surface area (TPSA) is 40.5 Å². The summed E-state index contributed by atoms with van der Waals surface area (Å²) >= 11 is 1.71. The van der Waals surface area contributed by atoms with Crippen LogP contribution in [0.3, 0.4) is 0 Å². The molecule has 0 radical (unpaired) electrons. The summed E-state index contributed by atoms with van der Waals surface area (Å²) in [4.78, 5) is 18.1. The number of β-amino-alcohol motifs (C(OH)–C–C–N with tert-alkyl or cyclic N) is 1. The molecule has 0 unspecified atom stereocenters. The Morgan fingerprint density at radius 3 is 2.36 bits per heavy atom. The number of benzene rings is 2. The van der Waals surface area contributed by atoms with E-state index in [1.54, 1.807) is 11.8 Å². The Labute approximate surface area is 163 Å². The third-order valence-electron chi connectivity index (χ3n) is 5.31. The van der Waals surface area contributed by atoms with E-state index >= 15 is 0 Å². The first-order valence-corrected chi connectivity index (χ1v) is 9.31. The van der Waals surface area contributed by atoms with Crippen molar-refractivity contribution in [1.82, 2.24) is 4.90 Å². The van der Waals surface area contributed by atoms with Gasteiger partial charge in [0, 0.05) is 21.9 Å². The first kappa shape index (κ1) is 18.6. The average molecular weight is 420 g/mol. The monoisotopic (exact) mass is 419 g/mol. The number of piperidine rings is 1. The maximum absolute atomic E-state index is 13.6. The molecule has 2 aromatic rings. The van der Waals surface area contributed by atoms with Gasteiger partial charge in [-0.25, -0.2) is 0 Å². The molecule has 0 aromatic heterocycles. The van der Waals surface area contributed by atoms with Gasteiger partial charge in [0.05, 0.1) is 12.0 Å². The van der Waals surface area contributed by atoms with Crippen LogP contribution in [0.2, 0.25) is 0 Å². The lowest BCUT2D eigenvalue weighted by molar-refractivity contribution is 0.0743. The normalized spacial score (nSPS) is 18.8. The van der Waals surface area contributed by atoms with E-state index in [4.69, 9.17) is 0 Å². The van der Waals surface area contributed by atoms with E-state index in [1.807, 2.05) is 24.3 Å². The average Bonchev–Trinajstić information content (AvgIpc) is 2.72. The summed E-state index contributed by atoms with van der Waals surface area (Å²) < 4.78 is 0. The van der Waals surface area contributed by atoms with E-state index in [1.165, 1.54) is 10.5 Å². The molecule has 1 N–H and O–H groups in total. The predicted molar refractivity (Wildman–Crippen MR) is 106 cm³/mol. The zero-order chi connectivity index (χ0) is 16.6. The highest BCUT2D eigenvalue weighted by atomic mass is 79.9. The van der Waals surface area contributed by atoms with Crippen molar-refractivity contribution in [2.75, 3.05) is 26.2 Å². The van der Waals surface area contributed by atoms with Crippen molar-refractivity contribution in [2.24, 2.45) is 0 Å². The molecule has 4 rings (SSSR count). The van der Waals surface area contributed by atoms with Crippen molar-refractivity contribution in [3.63, 3.8) is 0 Å². The number of carbonyl (C=O) groups is 1. The standard InChI is InChI=1S/C20H21NO2S.BrH/c22-14-13-21-11-9-20(10-12-21)16-6-2-4-8-18(16)24-17-7-3-1-5-15(17)19(20)23;/h1-8,22H,9-14H2;1H. The maximum atomic E-state index is 13.6. The molecule has 3 nitrogen and oxygen atoms in total. The van der Waals surface area contributed by atoms with Gasteiger partial charge < -0.3 is 10.0 Å². The van der Waals surface area contributed by atoms with Gasteiger partial charge in [0.1, 0.15) is 0 Å². The number of halogens is 1. The Bertz CT molecular complexity index is 772. The third kappa shape index (κ3) is 3.19. The number of aliphatic hydroxyl groups is 1. The number of ketones is 1. The molecule has 2 aliphatic heterocycles. The molecule has 0 amide bonds. The number of Topliss-reactive ketones (excluding diaryl/α,β-unsaturated/α-hetero) is 1. The van der Waals surface area contributed by atoms with E-state index in [0.717, 1.165) is 36.4 Å². The smallest absolute Gasteiger partial charge is 0.174 e. The number of hydrogen-bond acceptors (Lipinski definition) is 4. The Hall–Kier alpha value is -1.14. The molecule has 2 aromatic carbocycles. The summed E-state index contributed by atoms with van der Waals surface area (Å²) in [5.74, 6) is 0.263. The number of likely N-dealkylation sites (tertiary alicyclic amines) is 1. The number of nitrogens with zero attached hydrogens (tertiary/aromatic N) is 1. The summed E-state index contributed by atoms with van der Waals surface area (Å²) in [6.45, 7) is 2.58. The van der Waals surface area contributed by atoms with Gasteiger partial charge in [-0.2, -0.15) is 0 Å². The lowest BCUT2D eigenvalue weighted by atomic mass is 9.68. The van der Waals surface area contributed by atoms with Crippen LogP contribution < -0.4 is 0 Å². The Morgan fingerprint density at radius 1 is 1.00 bits per heavy atom. The first-order valence-electron chi connectivity index (χ1n) is 8.49. The predicted octanol–water partition coefficient (Wildman–Crippen LogP) is 3.94. The second-order valence-electron chi connectivity index (χ2n) is 6.57. The first-order chi connectivity index (χ1) is 11.7. The third-order valence-corrected chi connectivity index (χ3v) is 6.47. The Balaban J connectivity index is 0.00000182. The molecular weight excluding hydrogens is 398 g/mol. The fourth-order valence-corrected chi connectivity index (χ4v) is 5.16. The number of rotatable bonds is 2. The largest absolute Gasteiger partial charge is 0.395 e. The molecule has 1 spiro atoms. The summed E-state index contributed by atoms with van der Waals surface area (Å²) in [6, 6.07) is 16.4. The summed E-state index contributed by atoms with van der Waals surface area (Å²) in [6.07, 6.45) is 1.63. The van der Waals surface area contributed by atoms with Crippen LogP contribution in [-0.2, 0) is 5.41 Å². The highest BCUT2D eigenvalue weighted by Gasteiger charge is 2.46. The van der Waals surface area contributed by atoms with Gasteiger partial charge in [0.15, 0.2) is 5.78 Å². The molecule has 2 aliphatic rings. The summed E-state index contributed by atoms with van der Waals surface area (Å²) in [5, 5.41) is 9.19. The van der Waals surface area contributed by atoms with Crippen molar-refractivity contribution in [2.45, 2.75) is 28.0 Å². The minimum absolute atomic E-state index is 0. The number of carbonyl (C=O) groups excluding carboxylic acids is 1. The van der Waals surface area contributed by atoms with Gasteiger partial charge in [-0.15, -0.1) is 17.0 Å². The van der Waals surface area contributed by atoms with Crippen LogP contribution in [0.25, 0.3) is 0 Å². The molecule has 1 fully saturated rings. The van der Waals surface area contributed by atoms with Crippen LogP contribution in [0.15, 0.2) is 58.3 Å². The van der Waals surface area contributed by atoms with Gasteiger partial charge in [-0.3, -0.25) is 4.79 Å². The number of aliphatic hydroxyl groups excluding tert-OH is 1. The number of fused-ring (bicyclic) bond motifs is 3. The van der Waals surface area contributed by atoms with Gasteiger partial charge in [0.2, 0.25) is 0 Å². The SMILES string of the molecule is Br.O=C1c2ccccc2Sc2ccccc2C12CCN(CCO)CC2. The number of hydrogen-bond donors (Lipinski definition) is 1. The zero-order valence-electron chi connectivity index (χ0n) is 14.0. The fourth-order valence-electron chi connectivity index (χ4n) is 3.99. The lowest BCUT2D eigenvalue weighted by Gasteiger charge is -2.41. The highest BCUT2D eigenvalue weighted by molar-refractivity contribution is 8.93. The van der Waals surface area contributed by atoms with Crippen LogP contribution >= 0.6 is 28.7 Å². The molecule has 0 bridgehead atoms. The second-order valence-corrected chi connectivity index (χ2v) is 7.65. The highest BCUT2D eigenvalue weighted by Crippen LogP contribution is 2.48. The van der Waals surface area contributed by atoms with Crippen molar-refractivity contribution in [1.29, 1.82) is 0 Å². The molecule has 1 saturated heterocycles. The minimum Gasteiger partial charge on any atom is -0.395 e. The summed E-state index contributed by atoms with van der Waals surface area (Å²) in [5.41, 5.74) is 1.61. The fraction of sp³-hybridized carbons (Fsp3) is 0.350. The minimum atomic E-state index is -0.428. The lowest BCUT2D eigenvalue weighted by Crippen LogP contribution is -2.48. The van der Waals surface area contributed by atoms with Crippen LogP contribution in [0.1, 0.15) is 28.8 Å². The van der Waals surface area contributed by atoms with E-state index in [-0.39, 0.29) is 29.4 Å². The van der Waals surface area contributed by atoms with Crippen LogP contribution in [0.5, 0.6) is 0 Å². The van der Waals surface area contributed by atoms with Crippen molar-refractivity contribution in [3.8, 4) is 0 Å². The van der Waals surface area contributed by atoms with Crippen LogP contribution in [-0.4, -0.2) is 42.0 Å². The molecular formula is C20H22BrNO2S. The molecule has 0 saturated carbocycles. The molecule has 5 heteroatoms. The molecule has 25 heavy (non-hydrogen) atoms. The molecule has 2 heterocycles. The summed E-state index contributed by atoms with van der Waals surface area (Å²) in [7, 11) is 0. The van der Waals surface area contributed by atoms with Crippen molar-refractivity contribution >= 4 is 34.5 Å². The van der Waals surface area contributed by atoms with E-state index in [9.17, 15) is 9.90 Å². The van der Waals surface area contributed by atoms with Gasteiger partial charge in [0.25, 0.3) is 0 Å². The maximum Gasteiger partial charge on any atom is 0.174 e. The zero-order valence-corrected chi connectivity index (χ0v) is 16.5. The Morgan fingerprint density at radius 2 is 1.64 bits per heavy atom. The Kier molecular flexibility index (Phi) is 5.68. The molecule has 0 atom stereocenters. The van der Waals surface area contributed by atoms with Crippen LogP contribution in [0, 0.1) is 0 Å².